The Bertz CT molecular complexity index is 1310. The topological polar surface area (TPSA) is 122 Å². The number of carbonyl (C=O) groups excluding carboxylic acids is 2. The SMILES string of the molecule is CCOC(=O)c1sc(N2CC[C@@H](CC(=O)c3[nH]c(C)c(Cl)c3Cl)[C@@H](C)C2)nc1-c1cnc(NCCOC)cn1. The van der Waals surface area contributed by atoms with E-state index in [9.17, 15) is 9.59 Å². The maximum atomic E-state index is 13.0. The first kappa shape index (κ1) is 29.3. The van der Waals surface area contributed by atoms with Crippen LogP contribution < -0.4 is 10.2 Å². The maximum absolute atomic E-state index is 13.0. The van der Waals surface area contributed by atoms with E-state index in [2.05, 4.69) is 32.1 Å². The van der Waals surface area contributed by atoms with Crippen LogP contribution in [0.3, 0.4) is 0 Å². The molecule has 0 aromatic carbocycles. The summed E-state index contributed by atoms with van der Waals surface area (Å²) in [4.78, 5) is 45.0. The smallest absolute Gasteiger partial charge is 0.350 e. The van der Waals surface area contributed by atoms with E-state index in [1.165, 1.54) is 11.3 Å². The zero-order valence-corrected chi connectivity index (χ0v) is 24.7. The molecule has 2 atom stereocenters. The number of ketones is 1. The van der Waals surface area contributed by atoms with Crippen molar-refractivity contribution >= 4 is 57.2 Å². The number of H-pyrrole nitrogens is 1. The highest BCUT2D eigenvalue weighted by molar-refractivity contribution is 7.17. The van der Waals surface area contributed by atoms with Crippen LogP contribution in [0.1, 0.15) is 52.5 Å². The molecule has 4 rings (SSSR count). The van der Waals surface area contributed by atoms with Crippen molar-refractivity contribution < 1.29 is 19.1 Å². The fourth-order valence-electron chi connectivity index (χ4n) is 4.55. The van der Waals surface area contributed by atoms with Gasteiger partial charge < -0.3 is 24.7 Å². The lowest BCUT2D eigenvalue weighted by Gasteiger charge is -2.36. The van der Waals surface area contributed by atoms with Gasteiger partial charge in [0, 0.05) is 38.9 Å². The molecule has 0 spiro atoms. The third kappa shape index (κ3) is 6.71. The summed E-state index contributed by atoms with van der Waals surface area (Å²) >= 11 is 13.7. The van der Waals surface area contributed by atoms with Gasteiger partial charge in [-0.1, -0.05) is 41.5 Å². The van der Waals surface area contributed by atoms with Gasteiger partial charge in [0.1, 0.15) is 27.8 Å². The largest absolute Gasteiger partial charge is 0.462 e. The Kier molecular flexibility index (Phi) is 9.81. The van der Waals surface area contributed by atoms with E-state index in [1.54, 1.807) is 33.4 Å². The number of anilines is 2. The highest BCUT2D eigenvalue weighted by Gasteiger charge is 2.32. The van der Waals surface area contributed by atoms with Gasteiger partial charge in [-0.25, -0.2) is 19.7 Å². The van der Waals surface area contributed by atoms with Crippen molar-refractivity contribution in [3.05, 3.63) is 38.7 Å². The minimum Gasteiger partial charge on any atom is -0.462 e. The number of halogens is 2. The number of aromatic amines is 1. The van der Waals surface area contributed by atoms with Crippen LogP contribution in [-0.2, 0) is 9.47 Å². The zero-order valence-electron chi connectivity index (χ0n) is 22.3. The molecule has 210 valence electrons. The first-order chi connectivity index (χ1) is 18.7. The Balaban J connectivity index is 1.49. The summed E-state index contributed by atoms with van der Waals surface area (Å²) in [7, 11) is 1.63. The van der Waals surface area contributed by atoms with E-state index in [1.807, 2.05) is 0 Å². The number of nitrogens with one attached hydrogen (secondary N) is 2. The fourth-order valence-corrected chi connectivity index (χ4v) is 5.99. The Morgan fingerprint density at radius 2 is 2.05 bits per heavy atom. The summed E-state index contributed by atoms with van der Waals surface area (Å²) in [6, 6.07) is 0. The molecule has 2 N–H and O–H groups in total. The van der Waals surface area contributed by atoms with Crippen molar-refractivity contribution in [2.24, 2.45) is 11.8 Å². The van der Waals surface area contributed by atoms with E-state index in [4.69, 9.17) is 37.7 Å². The second kappa shape index (κ2) is 13.1. The molecule has 13 heteroatoms. The fraction of sp³-hybridized carbons (Fsp3) is 0.500. The molecule has 39 heavy (non-hydrogen) atoms. The summed E-state index contributed by atoms with van der Waals surface area (Å²) < 4.78 is 10.3. The van der Waals surface area contributed by atoms with E-state index in [0.29, 0.717) is 76.3 Å². The van der Waals surface area contributed by atoms with Crippen LogP contribution in [0.25, 0.3) is 11.4 Å². The van der Waals surface area contributed by atoms with Crippen LogP contribution in [0.5, 0.6) is 0 Å². The van der Waals surface area contributed by atoms with Crippen molar-refractivity contribution in [1.82, 2.24) is 19.9 Å². The number of aromatic nitrogens is 4. The van der Waals surface area contributed by atoms with Crippen LogP contribution >= 0.6 is 34.5 Å². The third-order valence-corrected chi connectivity index (χ3v) is 8.76. The van der Waals surface area contributed by atoms with Gasteiger partial charge in [0.2, 0.25) is 0 Å². The first-order valence-electron chi connectivity index (χ1n) is 12.8. The molecule has 10 nitrogen and oxygen atoms in total. The molecule has 0 aliphatic carbocycles. The third-order valence-electron chi connectivity index (χ3n) is 6.72. The van der Waals surface area contributed by atoms with Crippen LogP contribution in [0.2, 0.25) is 10.0 Å². The van der Waals surface area contributed by atoms with Gasteiger partial charge in [-0.3, -0.25) is 4.79 Å². The highest BCUT2D eigenvalue weighted by Crippen LogP contribution is 2.37. The van der Waals surface area contributed by atoms with Gasteiger partial charge in [-0.15, -0.1) is 0 Å². The quantitative estimate of drug-likeness (QED) is 0.168. The Morgan fingerprint density at radius 1 is 1.26 bits per heavy atom. The summed E-state index contributed by atoms with van der Waals surface area (Å²) in [6.07, 6.45) is 4.37. The van der Waals surface area contributed by atoms with Gasteiger partial charge >= 0.3 is 5.97 Å². The predicted octanol–water partition coefficient (Wildman–Crippen LogP) is 5.51. The number of nitrogens with zero attached hydrogens (tertiary/aromatic N) is 4. The van der Waals surface area contributed by atoms with E-state index < -0.39 is 5.97 Å². The summed E-state index contributed by atoms with van der Waals surface area (Å²) in [5.41, 5.74) is 2.00. The Labute approximate surface area is 241 Å². The number of rotatable bonds is 11. The van der Waals surface area contributed by atoms with E-state index in [0.717, 1.165) is 6.42 Å². The van der Waals surface area contributed by atoms with Crippen molar-refractivity contribution in [1.29, 1.82) is 0 Å². The van der Waals surface area contributed by atoms with Crippen molar-refractivity contribution in [2.75, 3.05) is 50.2 Å². The van der Waals surface area contributed by atoms with Crippen LogP contribution in [0.4, 0.5) is 10.9 Å². The molecule has 0 bridgehead atoms. The minimum atomic E-state index is -0.439. The molecule has 1 saturated heterocycles. The number of ether oxygens (including phenoxy) is 2. The van der Waals surface area contributed by atoms with Gasteiger partial charge in [0.05, 0.1) is 35.7 Å². The number of methoxy groups -OCH3 is 1. The maximum Gasteiger partial charge on any atom is 0.350 e. The zero-order chi connectivity index (χ0) is 28.1. The number of aryl methyl sites for hydroxylation is 1. The van der Waals surface area contributed by atoms with Crippen molar-refractivity contribution in [3.8, 4) is 11.4 Å². The lowest BCUT2D eigenvalue weighted by molar-refractivity contribution is 0.0532. The van der Waals surface area contributed by atoms with Gasteiger partial charge in [0.25, 0.3) is 0 Å². The number of hydrogen-bond donors (Lipinski definition) is 2. The number of esters is 1. The number of hydrogen-bond acceptors (Lipinski definition) is 10. The molecule has 0 unspecified atom stereocenters. The Morgan fingerprint density at radius 3 is 2.67 bits per heavy atom. The predicted molar refractivity (Wildman–Crippen MR) is 153 cm³/mol. The molecule has 4 heterocycles. The second-order valence-corrected chi connectivity index (χ2v) is 11.2. The molecular weight excluding hydrogens is 563 g/mol. The lowest BCUT2D eigenvalue weighted by Crippen LogP contribution is -2.40. The molecule has 0 saturated carbocycles. The molecule has 3 aromatic rings. The number of piperidine rings is 1. The molecule has 0 amide bonds. The molecule has 1 fully saturated rings. The summed E-state index contributed by atoms with van der Waals surface area (Å²) in [6.45, 7) is 8.48. The van der Waals surface area contributed by atoms with Crippen molar-refractivity contribution in [2.45, 2.75) is 33.6 Å². The molecule has 1 aliphatic rings. The first-order valence-corrected chi connectivity index (χ1v) is 14.4. The molecule has 0 radical (unpaired) electrons. The normalized spacial score (nSPS) is 17.3. The molecule has 1 aliphatic heterocycles. The standard InChI is InChI=1S/C26H32Cl2N6O4S/c1-5-38-25(36)24-22(17-11-31-19(12-30-17)29-7-9-37-4)33-26(39-24)34-8-6-16(14(2)13-34)10-18(35)23-21(28)20(27)15(3)32-23/h11-12,14,16,32H,5-10,13H2,1-4H3,(H,29,31)/t14-,16-/m0/s1. The number of carbonyl (C=O) groups is 2. The average molecular weight is 596 g/mol. The van der Waals surface area contributed by atoms with E-state index in [-0.39, 0.29) is 29.2 Å². The van der Waals surface area contributed by atoms with Crippen LogP contribution in [0.15, 0.2) is 12.4 Å². The molecule has 3 aromatic heterocycles. The van der Waals surface area contributed by atoms with Crippen LogP contribution in [0, 0.1) is 18.8 Å². The Hall–Kier alpha value is -2.73. The minimum absolute atomic E-state index is 0.0415. The van der Waals surface area contributed by atoms with Crippen molar-refractivity contribution in [3.63, 3.8) is 0 Å². The van der Waals surface area contributed by atoms with Gasteiger partial charge in [0.15, 0.2) is 10.9 Å². The van der Waals surface area contributed by atoms with Crippen LogP contribution in [-0.4, -0.2) is 71.6 Å². The second-order valence-electron chi connectivity index (χ2n) is 9.45. The summed E-state index contributed by atoms with van der Waals surface area (Å²) in [5.74, 6) is 0.516. The van der Waals surface area contributed by atoms with Gasteiger partial charge in [-0.2, -0.15) is 0 Å². The monoisotopic (exact) mass is 594 g/mol. The number of thiazole rings is 1. The summed E-state index contributed by atoms with van der Waals surface area (Å²) in [5, 5.41) is 4.51. The molecular formula is C26H32Cl2N6O4S. The average Bonchev–Trinajstić information content (AvgIpc) is 3.48. The lowest BCUT2D eigenvalue weighted by atomic mass is 9.83. The van der Waals surface area contributed by atoms with Gasteiger partial charge in [-0.05, 0) is 32.1 Å². The number of Topliss-reactive ketones (excluding diaryl/α,β-unsaturated/α-hetero) is 1. The highest BCUT2D eigenvalue weighted by atomic mass is 35.5. The van der Waals surface area contributed by atoms with E-state index >= 15 is 0 Å².